The van der Waals surface area contributed by atoms with E-state index in [4.69, 9.17) is 9.47 Å². The zero-order valence-corrected chi connectivity index (χ0v) is 20.3. The van der Waals surface area contributed by atoms with E-state index in [0.29, 0.717) is 5.69 Å². The van der Waals surface area contributed by atoms with E-state index in [0.717, 1.165) is 37.6 Å². The Morgan fingerprint density at radius 2 is 2.03 bits per heavy atom. The monoisotopic (exact) mass is 498 g/mol. The van der Waals surface area contributed by atoms with Gasteiger partial charge in [-0.25, -0.2) is 9.97 Å². The number of likely N-dealkylation sites (N-methyl/N-ethyl adjacent to an activating group) is 1. The predicted molar refractivity (Wildman–Crippen MR) is 131 cm³/mol. The van der Waals surface area contributed by atoms with Gasteiger partial charge in [-0.2, -0.15) is 0 Å². The number of hydrogen-bond acceptors (Lipinski definition) is 10. The van der Waals surface area contributed by atoms with Crippen LogP contribution in [0.1, 0.15) is 21.6 Å². The molecule has 0 saturated carbocycles. The van der Waals surface area contributed by atoms with Crippen LogP contribution in [-0.4, -0.2) is 66.0 Å². The maximum Gasteiger partial charge on any atom is 0.286 e. The predicted octanol–water partition coefficient (Wildman–Crippen LogP) is 2.72. The number of ether oxygens (including phenoxy) is 2. The van der Waals surface area contributed by atoms with E-state index in [2.05, 4.69) is 32.1 Å². The first-order valence-corrected chi connectivity index (χ1v) is 11.9. The van der Waals surface area contributed by atoms with E-state index >= 15 is 0 Å². The van der Waals surface area contributed by atoms with Gasteiger partial charge in [0.2, 0.25) is 0 Å². The lowest BCUT2D eigenvalue weighted by molar-refractivity contribution is -0.385. The van der Waals surface area contributed by atoms with Gasteiger partial charge in [0.05, 0.1) is 29.3 Å². The van der Waals surface area contributed by atoms with Crippen LogP contribution in [0, 0.1) is 10.1 Å². The van der Waals surface area contributed by atoms with E-state index in [1.807, 2.05) is 11.4 Å². The van der Waals surface area contributed by atoms with E-state index < -0.39 is 10.8 Å². The maximum atomic E-state index is 13.0. The van der Waals surface area contributed by atoms with Crippen molar-refractivity contribution in [1.82, 2.24) is 20.2 Å². The fourth-order valence-electron chi connectivity index (χ4n) is 3.76. The number of hydrogen-bond donors (Lipinski definition) is 1. The van der Waals surface area contributed by atoms with Crippen molar-refractivity contribution in [2.75, 3.05) is 45.2 Å². The second kappa shape index (κ2) is 11.1. The summed E-state index contributed by atoms with van der Waals surface area (Å²) in [6.45, 7) is 3.81. The highest BCUT2D eigenvalue weighted by atomic mass is 32.1. The van der Waals surface area contributed by atoms with Crippen molar-refractivity contribution < 1.29 is 19.2 Å². The Hall–Kier alpha value is -3.77. The molecule has 35 heavy (non-hydrogen) atoms. The largest absolute Gasteiger partial charge is 0.493 e. The first kappa shape index (κ1) is 24.4. The Kier molecular flexibility index (Phi) is 7.73. The fraction of sp³-hybridized carbons (Fsp3) is 0.348. The molecule has 0 aliphatic carbocycles. The van der Waals surface area contributed by atoms with Gasteiger partial charge in [0.1, 0.15) is 18.0 Å². The summed E-state index contributed by atoms with van der Waals surface area (Å²) in [4.78, 5) is 37.3. The zero-order chi connectivity index (χ0) is 24.8. The number of amides is 1. The molecule has 11 nitrogen and oxygen atoms in total. The summed E-state index contributed by atoms with van der Waals surface area (Å²) < 4.78 is 11.0. The van der Waals surface area contributed by atoms with Gasteiger partial charge < -0.3 is 24.6 Å². The van der Waals surface area contributed by atoms with Crippen LogP contribution in [0.4, 0.5) is 11.5 Å². The highest BCUT2D eigenvalue weighted by Crippen LogP contribution is 2.35. The number of carbonyl (C=O) groups is 1. The number of nitro benzene ring substituents is 1. The number of thiazole rings is 1. The summed E-state index contributed by atoms with van der Waals surface area (Å²) >= 11 is 1.42. The number of carbonyl (C=O) groups excluding carboxylic acids is 1. The number of benzene rings is 1. The summed E-state index contributed by atoms with van der Waals surface area (Å²) in [6, 6.07) is 6.24. The number of aromatic nitrogens is 2. The molecular formula is C23H26N6O5S. The Bertz CT molecular complexity index is 1180. The number of nitrogens with zero attached hydrogens (tertiary/aromatic N) is 5. The molecule has 1 amide bonds. The van der Waals surface area contributed by atoms with Gasteiger partial charge in [0.15, 0.2) is 11.5 Å². The third-order valence-corrected chi connectivity index (χ3v) is 6.33. The summed E-state index contributed by atoms with van der Waals surface area (Å²) in [5, 5.41) is 16.4. The first-order chi connectivity index (χ1) is 17.0. The highest BCUT2D eigenvalue weighted by Gasteiger charge is 2.25. The van der Waals surface area contributed by atoms with Gasteiger partial charge in [-0.1, -0.05) is 6.07 Å². The number of rotatable bonds is 9. The van der Waals surface area contributed by atoms with Crippen LogP contribution < -0.4 is 19.7 Å². The van der Waals surface area contributed by atoms with Crippen LogP contribution >= 0.6 is 11.3 Å². The Balaban J connectivity index is 1.52. The molecule has 0 spiro atoms. The summed E-state index contributed by atoms with van der Waals surface area (Å²) in [7, 11) is 3.49. The quantitative estimate of drug-likeness (QED) is 0.350. The minimum atomic E-state index is -0.607. The molecule has 3 aromatic rings. The van der Waals surface area contributed by atoms with Crippen LogP contribution in [0.15, 0.2) is 41.4 Å². The molecule has 2 aromatic heterocycles. The molecule has 0 bridgehead atoms. The van der Waals surface area contributed by atoms with Gasteiger partial charge in [0.25, 0.3) is 11.6 Å². The normalized spacial score (nSPS) is 13.9. The smallest absolute Gasteiger partial charge is 0.286 e. The summed E-state index contributed by atoms with van der Waals surface area (Å²) in [5.41, 5.74) is 2.71. The van der Waals surface area contributed by atoms with Crippen molar-refractivity contribution in [1.29, 1.82) is 0 Å². The average molecular weight is 499 g/mol. The van der Waals surface area contributed by atoms with Crippen molar-refractivity contribution in [3.63, 3.8) is 0 Å². The average Bonchev–Trinajstić information content (AvgIpc) is 3.40. The second-order valence-electron chi connectivity index (χ2n) is 8.00. The number of nitro groups is 1. The molecule has 184 valence electrons. The second-order valence-corrected chi connectivity index (χ2v) is 8.72. The zero-order valence-electron chi connectivity index (χ0n) is 19.5. The lowest BCUT2D eigenvalue weighted by Gasteiger charge is -2.34. The van der Waals surface area contributed by atoms with Crippen molar-refractivity contribution in [2.24, 2.45) is 0 Å². The molecule has 4 rings (SSSR count). The Morgan fingerprint density at radius 1 is 1.23 bits per heavy atom. The minimum absolute atomic E-state index is 0.113. The Labute approximate surface area is 206 Å². The molecule has 0 unspecified atom stereocenters. The topological polar surface area (TPSA) is 123 Å². The first-order valence-electron chi connectivity index (χ1n) is 11.0. The Morgan fingerprint density at radius 3 is 2.71 bits per heavy atom. The molecule has 1 fully saturated rings. The SMILES string of the molecule is COc1cc(C(=O)NCc2cccnc2N2CCN(C)CC2)c([N+](=O)[O-])cc1OCc1cscn1. The number of methoxy groups -OCH3 is 1. The number of piperazine rings is 1. The lowest BCUT2D eigenvalue weighted by Crippen LogP contribution is -2.45. The number of nitrogens with one attached hydrogen (secondary N) is 1. The molecular weight excluding hydrogens is 472 g/mol. The van der Waals surface area contributed by atoms with E-state index in [1.54, 1.807) is 17.8 Å². The molecule has 0 radical (unpaired) electrons. The van der Waals surface area contributed by atoms with Crippen molar-refractivity contribution in [3.05, 3.63) is 68.3 Å². The highest BCUT2D eigenvalue weighted by molar-refractivity contribution is 7.07. The van der Waals surface area contributed by atoms with Gasteiger partial charge in [-0.05, 0) is 13.1 Å². The van der Waals surface area contributed by atoms with E-state index in [1.165, 1.54) is 30.6 Å². The van der Waals surface area contributed by atoms with Gasteiger partial charge in [0, 0.05) is 55.9 Å². The van der Waals surface area contributed by atoms with Crippen LogP contribution in [0.2, 0.25) is 0 Å². The standard InChI is InChI=1S/C23H26N6O5S/c1-27-6-8-28(9-7-27)22-16(4-3-5-24-22)12-25-23(30)18-10-20(33-2)21(11-19(18)29(31)32)34-13-17-14-35-15-26-17/h3-5,10-11,14-15H,6-9,12-13H2,1-2H3,(H,25,30). The lowest BCUT2D eigenvalue weighted by atomic mass is 10.1. The molecule has 1 N–H and O–H groups in total. The molecule has 0 atom stereocenters. The van der Waals surface area contributed by atoms with Crippen LogP contribution in [0.25, 0.3) is 0 Å². The van der Waals surface area contributed by atoms with Gasteiger partial charge in [-0.15, -0.1) is 11.3 Å². The van der Waals surface area contributed by atoms with Gasteiger partial charge in [-0.3, -0.25) is 14.9 Å². The van der Waals surface area contributed by atoms with Crippen molar-refractivity contribution >= 4 is 28.7 Å². The van der Waals surface area contributed by atoms with Crippen LogP contribution in [0.5, 0.6) is 11.5 Å². The summed E-state index contributed by atoms with van der Waals surface area (Å²) in [6.07, 6.45) is 1.72. The van der Waals surface area contributed by atoms with E-state index in [9.17, 15) is 14.9 Å². The third kappa shape index (κ3) is 5.84. The summed E-state index contributed by atoms with van der Waals surface area (Å²) in [5.74, 6) is 0.594. The number of pyridine rings is 1. The van der Waals surface area contributed by atoms with Crippen LogP contribution in [0.3, 0.4) is 0 Å². The minimum Gasteiger partial charge on any atom is -0.493 e. The molecule has 1 aliphatic rings. The molecule has 1 aromatic carbocycles. The van der Waals surface area contributed by atoms with Crippen molar-refractivity contribution in [3.8, 4) is 11.5 Å². The third-order valence-electron chi connectivity index (χ3n) is 5.69. The number of anilines is 1. The molecule has 1 saturated heterocycles. The fourth-order valence-corrected chi connectivity index (χ4v) is 4.30. The maximum absolute atomic E-state index is 13.0. The van der Waals surface area contributed by atoms with E-state index in [-0.39, 0.29) is 35.9 Å². The molecule has 1 aliphatic heterocycles. The van der Waals surface area contributed by atoms with Crippen LogP contribution in [-0.2, 0) is 13.2 Å². The van der Waals surface area contributed by atoms with Crippen molar-refractivity contribution in [2.45, 2.75) is 13.2 Å². The van der Waals surface area contributed by atoms with Gasteiger partial charge >= 0.3 is 0 Å². The molecule has 12 heteroatoms. The molecule has 3 heterocycles.